The fourth-order valence-electron chi connectivity index (χ4n) is 2.88. The Morgan fingerprint density at radius 2 is 2.13 bits per heavy atom. The summed E-state index contributed by atoms with van der Waals surface area (Å²) in [7, 11) is 0. The largest absolute Gasteiger partial charge is 0.464 e. The molecule has 30 heavy (non-hydrogen) atoms. The highest BCUT2D eigenvalue weighted by Gasteiger charge is 2.24. The van der Waals surface area contributed by atoms with E-state index in [2.05, 4.69) is 41.5 Å². The van der Waals surface area contributed by atoms with Gasteiger partial charge in [-0.25, -0.2) is 0 Å². The predicted octanol–water partition coefficient (Wildman–Crippen LogP) is 2.65. The van der Waals surface area contributed by atoms with E-state index in [0.29, 0.717) is 28.1 Å². The Bertz CT molecular complexity index is 1130. The Balaban J connectivity index is 1.96. The Kier molecular flexibility index (Phi) is 6.40. The summed E-state index contributed by atoms with van der Waals surface area (Å²) in [5.41, 5.74) is 3.21. The molecule has 0 amide bonds. The maximum absolute atomic E-state index is 13.2. The number of oxime groups is 1. The van der Waals surface area contributed by atoms with Crippen molar-refractivity contribution in [2.75, 3.05) is 6.61 Å². The van der Waals surface area contributed by atoms with Crippen molar-refractivity contribution >= 4 is 33.9 Å². The number of ether oxygens (including phenoxy) is 1. The van der Waals surface area contributed by atoms with E-state index >= 15 is 0 Å². The van der Waals surface area contributed by atoms with Crippen LogP contribution in [0.15, 0.2) is 27.8 Å². The molecule has 0 spiro atoms. The average Bonchev–Trinajstić information content (AvgIpc) is 3.28. The molecule has 10 nitrogen and oxygen atoms in total. The molecular weight excluding hydrogens is 456 g/mol. The summed E-state index contributed by atoms with van der Waals surface area (Å²) in [5, 5.41) is 24.3. The third-order valence-electron chi connectivity index (χ3n) is 4.40. The number of benzene rings is 1. The number of tetrazole rings is 1. The Labute approximate surface area is 180 Å². The van der Waals surface area contributed by atoms with Crippen LogP contribution in [0.1, 0.15) is 39.7 Å². The number of carbonyl (C=O) groups excluding carboxylic acids is 2. The number of halogens is 1. The van der Waals surface area contributed by atoms with Crippen LogP contribution in [-0.2, 0) is 16.1 Å². The second kappa shape index (κ2) is 8.99. The van der Waals surface area contributed by atoms with Crippen molar-refractivity contribution in [3.05, 3.63) is 50.6 Å². The monoisotopic (exact) mass is 474 g/mol. The standard InChI is InChI=1S/C19H19BrN6O4/c1-10-4-5-13(8-14(10)20)18(28)16-11(2)17(22-15(16)9-21-29)19-23-25-26(24-19)6-7-30-12(3)27/h4-5,8-9,22,29H,6-7H2,1-3H3/b21-9-. The number of nitrogens with zero attached hydrogens (tertiary/aromatic N) is 5. The first-order chi connectivity index (χ1) is 14.3. The van der Waals surface area contributed by atoms with Gasteiger partial charge < -0.3 is 14.9 Å². The van der Waals surface area contributed by atoms with Crippen LogP contribution in [0, 0.1) is 13.8 Å². The van der Waals surface area contributed by atoms with Crippen molar-refractivity contribution in [3.63, 3.8) is 0 Å². The highest BCUT2D eigenvalue weighted by Crippen LogP contribution is 2.28. The maximum atomic E-state index is 13.2. The van der Waals surface area contributed by atoms with Gasteiger partial charge in [0.25, 0.3) is 0 Å². The van der Waals surface area contributed by atoms with Crippen molar-refractivity contribution in [3.8, 4) is 11.5 Å². The Morgan fingerprint density at radius 1 is 1.37 bits per heavy atom. The van der Waals surface area contributed by atoms with E-state index in [4.69, 9.17) is 9.94 Å². The highest BCUT2D eigenvalue weighted by atomic mass is 79.9. The minimum atomic E-state index is -0.394. The van der Waals surface area contributed by atoms with Crippen LogP contribution >= 0.6 is 15.9 Å². The van der Waals surface area contributed by atoms with Crippen molar-refractivity contribution in [2.45, 2.75) is 27.3 Å². The van der Waals surface area contributed by atoms with Gasteiger partial charge in [0.05, 0.1) is 29.7 Å². The third-order valence-corrected chi connectivity index (χ3v) is 5.25. The highest BCUT2D eigenvalue weighted by molar-refractivity contribution is 9.10. The molecule has 0 aliphatic heterocycles. The molecule has 0 aliphatic rings. The van der Waals surface area contributed by atoms with Crippen LogP contribution in [0.25, 0.3) is 11.5 Å². The number of aromatic amines is 1. The first-order valence-corrected chi connectivity index (χ1v) is 9.73. The molecule has 2 heterocycles. The van der Waals surface area contributed by atoms with Gasteiger partial charge >= 0.3 is 5.97 Å². The molecule has 1 aromatic carbocycles. The van der Waals surface area contributed by atoms with Crippen LogP contribution in [-0.4, -0.2) is 55.0 Å². The lowest BCUT2D eigenvalue weighted by Crippen LogP contribution is -2.11. The van der Waals surface area contributed by atoms with E-state index in [9.17, 15) is 9.59 Å². The van der Waals surface area contributed by atoms with Gasteiger partial charge in [-0.05, 0) is 36.3 Å². The summed E-state index contributed by atoms with van der Waals surface area (Å²) in [6.07, 6.45) is 1.15. The predicted molar refractivity (Wildman–Crippen MR) is 111 cm³/mol. The van der Waals surface area contributed by atoms with E-state index < -0.39 is 5.97 Å². The molecule has 3 aromatic rings. The normalized spacial score (nSPS) is 11.2. The number of ketones is 1. The van der Waals surface area contributed by atoms with Gasteiger partial charge in [0.15, 0.2) is 5.78 Å². The zero-order valence-corrected chi connectivity index (χ0v) is 18.1. The molecule has 0 saturated heterocycles. The smallest absolute Gasteiger partial charge is 0.302 e. The molecule has 0 fully saturated rings. The van der Waals surface area contributed by atoms with Gasteiger partial charge in [-0.15, -0.1) is 10.2 Å². The lowest BCUT2D eigenvalue weighted by atomic mass is 9.98. The number of esters is 1. The number of carbonyl (C=O) groups is 2. The first kappa shape index (κ1) is 21.4. The molecule has 0 atom stereocenters. The maximum Gasteiger partial charge on any atom is 0.302 e. The lowest BCUT2D eigenvalue weighted by molar-refractivity contribution is -0.141. The van der Waals surface area contributed by atoms with E-state index in [-0.39, 0.29) is 24.8 Å². The SMILES string of the molecule is CC(=O)OCCn1nnc(-c2[nH]c(/C=N\O)c(C(=O)c3ccc(C)c(Br)c3)c2C)n1. The lowest BCUT2D eigenvalue weighted by Gasteiger charge is -2.05. The number of aromatic nitrogens is 5. The minimum absolute atomic E-state index is 0.114. The number of hydrogen-bond acceptors (Lipinski definition) is 8. The molecule has 11 heteroatoms. The van der Waals surface area contributed by atoms with Gasteiger partial charge in [-0.3, -0.25) is 9.59 Å². The second-order valence-corrected chi connectivity index (χ2v) is 7.35. The summed E-state index contributed by atoms with van der Waals surface area (Å²) < 4.78 is 5.69. The van der Waals surface area contributed by atoms with Crippen molar-refractivity contribution < 1.29 is 19.5 Å². The van der Waals surface area contributed by atoms with Gasteiger partial charge in [-0.2, -0.15) is 4.80 Å². The third kappa shape index (κ3) is 4.46. The molecule has 0 bridgehead atoms. The summed E-state index contributed by atoms with van der Waals surface area (Å²) in [6, 6.07) is 5.32. The summed E-state index contributed by atoms with van der Waals surface area (Å²) >= 11 is 3.44. The van der Waals surface area contributed by atoms with Gasteiger partial charge in [0.2, 0.25) is 5.82 Å². The Morgan fingerprint density at radius 3 is 2.80 bits per heavy atom. The molecular formula is C19H19BrN6O4. The number of H-pyrrole nitrogens is 1. The second-order valence-electron chi connectivity index (χ2n) is 6.50. The van der Waals surface area contributed by atoms with Gasteiger partial charge in [-0.1, -0.05) is 33.2 Å². The quantitative estimate of drug-likeness (QED) is 0.176. The molecule has 156 valence electrons. The summed E-state index contributed by atoms with van der Waals surface area (Å²) in [6.45, 7) is 5.34. The molecule has 0 unspecified atom stereocenters. The molecule has 2 N–H and O–H groups in total. The van der Waals surface area contributed by atoms with E-state index in [0.717, 1.165) is 16.3 Å². The molecule has 2 aromatic heterocycles. The number of aryl methyl sites for hydroxylation is 1. The molecule has 0 saturated carbocycles. The number of rotatable bonds is 7. The van der Waals surface area contributed by atoms with Gasteiger partial charge in [0, 0.05) is 17.0 Å². The zero-order chi connectivity index (χ0) is 21.8. The van der Waals surface area contributed by atoms with E-state index in [1.165, 1.54) is 11.7 Å². The average molecular weight is 475 g/mol. The number of hydrogen-bond donors (Lipinski definition) is 2. The van der Waals surface area contributed by atoms with Crippen LogP contribution in [0.5, 0.6) is 0 Å². The van der Waals surface area contributed by atoms with Gasteiger partial charge in [0.1, 0.15) is 6.61 Å². The van der Waals surface area contributed by atoms with Crippen molar-refractivity contribution in [1.82, 2.24) is 25.2 Å². The fourth-order valence-corrected chi connectivity index (χ4v) is 3.25. The summed E-state index contributed by atoms with van der Waals surface area (Å²) in [5.74, 6) is -0.380. The number of nitrogens with one attached hydrogen (secondary N) is 1. The zero-order valence-electron chi connectivity index (χ0n) is 16.5. The topological polar surface area (TPSA) is 135 Å². The minimum Gasteiger partial charge on any atom is -0.464 e. The van der Waals surface area contributed by atoms with E-state index in [1.54, 1.807) is 19.1 Å². The molecule has 0 radical (unpaired) electrons. The van der Waals surface area contributed by atoms with Crippen LogP contribution in [0.2, 0.25) is 0 Å². The van der Waals surface area contributed by atoms with Crippen LogP contribution < -0.4 is 0 Å². The molecule has 0 aliphatic carbocycles. The Hall–Kier alpha value is -3.34. The van der Waals surface area contributed by atoms with Crippen LogP contribution in [0.4, 0.5) is 0 Å². The van der Waals surface area contributed by atoms with Crippen molar-refractivity contribution in [1.29, 1.82) is 0 Å². The van der Waals surface area contributed by atoms with E-state index in [1.807, 2.05) is 13.0 Å². The first-order valence-electron chi connectivity index (χ1n) is 8.94. The summed E-state index contributed by atoms with van der Waals surface area (Å²) in [4.78, 5) is 28.4. The fraction of sp³-hybridized carbons (Fsp3) is 0.263. The van der Waals surface area contributed by atoms with Crippen LogP contribution in [0.3, 0.4) is 0 Å². The molecule has 3 rings (SSSR count). The van der Waals surface area contributed by atoms with Crippen molar-refractivity contribution in [2.24, 2.45) is 5.16 Å².